The number of aryl methyl sites for hydroxylation is 1. The Morgan fingerprint density at radius 2 is 2.29 bits per heavy atom. The molecule has 2 N–H and O–H groups in total. The van der Waals surface area contributed by atoms with E-state index in [0.29, 0.717) is 0 Å². The average Bonchev–Trinajstić information content (AvgIpc) is 2.63. The van der Waals surface area contributed by atoms with Crippen molar-refractivity contribution in [3.05, 3.63) is 16.4 Å². The number of aromatic amines is 1. The fourth-order valence-electron chi connectivity index (χ4n) is 2.13. The van der Waals surface area contributed by atoms with E-state index in [9.17, 15) is 5.11 Å². The van der Waals surface area contributed by atoms with Crippen LogP contribution in [0.5, 0.6) is 0 Å². The van der Waals surface area contributed by atoms with Crippen LogP contribution in [0.2, 0.25) is 5.02 Å². The summed E-state index contributed by atoms with van der Waals surface area (Å²) in [6, 6.07) is 0.211. The Labute approximate surface area is 106 Å². The third-order valence-corrected chi connectivity index (χ3v) is 3.89. The first-order valence-electron chi connectivity index (χ1n) is 5.84. The van der Waals surface area contributed by atoms with E-state index in [4.69, 9.17) is 11.6 Å². The Bertz CT molecular complexity index is 382. The van der Waals surface area contributed by atoms with Gasteiger partial charge < -0.3 is 5.11 Å². The topological polar surface area (TPSA) is 55.4 Å². The molecule has 1 aromatic heterocycles. The van der Waals surface area contributed by atoms with Gasteiger partial charge in [0.2, 0.25) is 0 Å². The molecular weight excluding hydrogens is 240 g/mol. The predicted molar refractivity (Wildman–Crippen MR) is 67.1 cm³/mol. The Hall–Kier alpha value is -0.620. The normalized spacial score (nSPS) is 23.2. The van der Waals surface area contributed by atoms with Gasteiger partial charge in [0, 0.05) is 32.2 Å². The summed E-state index contributed by atoms with van der Waals surface area (Å²) < 4.78 is 0. The van der Waals surface area contributed by atoms with Crippen molar-refractivity contribution >= 4 is 11.6 Å². The molecule has 1 fully saturated rings. The lowest BCUT2D eigenvalue weighted by molar-refractivity contribution is 0.0534. The van der Waals surface area contributed by atoms with E-state index >= 15 is 0 Å². The van der Waals surface area contributed by atoms with Crippen LogP contribution in [0.3, 0.4) is 0 Å². The van der Waals surface area contributed by atoms with Gasteiger partial charge in [-0.25, -0.2) is 0 Å². The SMILES string of the molecule is Cc1[nH]nc(CN2CCN(C)[C@@H](CO)C2)c1Cl. The number of aliphatic hydroxyl groups excluding tert-OH is 1. The first kappa shape index (κ1) is 12.8. The molecule has 0 aromatic carbocycles. The summed E-state index contributed by atoms with van der Waals surface area (Å²) in [5, 5.41) is 17.1. The third-order valence-electron chi connectivity index (χ3n) is 3.39. The monoisotopic (exact) mass is 258 g/mol. The van der Waals surface area contributed by atoms with E-state index in [1.807, 2.05) is 14.0 Å². The van der Waals surface area contributed by atoms with Gasteiger partial charge in [-0.2, -0.15) is 5.10 Å². The number of rotatable bonds is 3. The molecule has 1 saturated heterocycles. The molecule has 0 radical (unpaired) electrons. The van der Waals surface area contributed by atoms with E-state index in [1.165, 1.54) is 0 Å². The third kappa shape index (κ3) is 2.80. The van der Waals surface area contributed by atoms with Gasteiger partial charge in [-0.3, -0.25) is 14.9 Å². The number of likely N-dealkylation sites (N-methyl/N-ethyl adjacent to an activating group) is 1. The van der Waals surface area contributed by atoms with Crippen molar-refractivity contribution in [3.63, 3.8) is 0 Å². The molecule has 0 saturated carbocycles. The number of nitrogens with zero attached hydrogens (tertiary/aromatic N) is 3. The maximum Gasteiger partial charge on any atom is 0.0951 e. The van der Waals surface area contributed by atoms with Crippen molar-refractivity contribution in [2.75, 3.05) is 33.3 Å². The number of hydrogen-bond acceptors (Lipinski definition) is 4. The lowest BCUT2D eigenvalue weighted by atomic mass is 10.2. The van der Waals surface area contributed by atoms with E-state index in [0.717, 1.165) is 42.6 Å². The van der Waals surface area contributed by atoms with Crippen LogP contribution < -0.4 is 0 Å². The fourth-order valence-corrected chi connectivity index (χ4v) is 2.28. The molecule has 96 valence electrons. The Balaban J connectivity index is 1.98. The molecule has 5 nitrogen and oxygen atoms in total. The van der Waals surface area contributed by atoms with Crippen LogP contribution in [0.4, 0.5) is 0 Å². The summed E-state index contributed by atoms with van der Waals surface area (Å²) in [7, 11) is 2.05. The molecular formula is C11H19ClN4O. The molecule has 1 atom stereocenters. The summed E-state index contributed by atoms with van der Waals surface area (Å²) in [6.07, 6.45) is 0. The van der Waals surface area contributed by atoms with Crippen LogP contribution in [0.15, 0.2) is 0 Å². The first-order chi connectivity index (χ1) is 8.11. The van der Waals surface area contributed by atoms with Crippen LogP contribution in [0.25, 0.3) is 0 Å². The summed E-state index contributed by atoms with van der Waals surface area (Å²) in [4.78, 5) is 4.47. The standard InChI is InChI=1S/C11H19ClN4O/c1-8-11(12)10(14-13-8)6-16-4-3-15(2)9(5-16)7-17/h9,17H,3-7H2,1-2H3,(H,13,14)/t9-/m1/s1. The van der Waals surface area contributed by atoms with Gasteiger partial charge in [0.25, 0.3) is 0 Å². The highest BCUT2D eigenvalue weighted by Crippen LogP contribution is 2.20. The van der Waals surface area contributed by atoms with Gasteiger partial charge >= 0.3 is 0 Å². The number of aromatic nitrogens is 2. The zero-order chi connectivity index (χ0) is 12.4. The molecule has 2 rings (SSSR count). The summed E-state index contributed by atoms with van der Waals surface area (Å²) in [5.41, 5.74) is 1.81. The number of aliphatic hydroxyl groups is 1. The molecule has 0 bridgehead atoms. The highest BCUT2D eigenvalue weighted by Gasteiger charge is 2.24. The van der Waals surface area contributed by atoms with E-state index in [2.05, 4.69) is 20.0 Å². The van der Waals surface area contributed by atoms with Gasteiger partial charge in [0.05, 0.1) is 23.0 Å². The molecule has 0 spiro atoms. The molecule has 1 aliphatic rings. The molecule has 0 amide bonds. The van der Waals surface area contributed by atoms with Gasteiger partial charge in [0.15, 0.2) is 0 Å². The lowest BCUT2D eigenvalue weighted by Crippen LogP contribution is -2.52. The van der Waals surface area contributed by atoms with Crippen LogP contribution in [0.1, 0.15) is 11.4 Å². The minimum atomic E-state index is 0.195. The van der Waals surface area contributed by atoms with Gasteiger partial charge in [-0.15, -0.1) is 0 Å². The van der Waals surface area contributed by atoms with Crippen molar-refractivity contribution in [2.45, 2.75) is 19.5 Å². The molecule has 1 aliphatic heterocycles. The molecule has 0 aliphatic carbocycles. The van der Waals surface area contributed by atoms with Crippen LogP contribution >= 0.6 is 11.6 Å². The minimum Gasteiger partial charge on any atom is -0.395 e. The number of nitrogens with one attached hydrogen (secondary N) is 1. The van der Waals surface area contributed by atoms with Gasteiger partial charge in [0.1, 0.15) is 0 Å². The van der Waals surface area contributed by atoms with Crippen molar-refractivity contribution < 1.29 is 5.11 Å². The number of piperazine rings is 1. The fraction of sp³-hybridized carbons (Fsp3) is 0.727. The molecule has 1 aromatic rings. The second kappa shape index (κ2) is 5.35. The van der Waals surface area contributed by atoms with Crippen LogP contribution in [-0.4, -0.2) is 64.4 Å². The molecule has 17 heavy (non-hydrogen) atoms. The van der Waals surface area contributed by atoms with E-state index in [1.54, 1.807) is 0 Å². The Kier molecular flexibility index (Phi) is 4.04. The van der Waals surface area contributed by atoms with Gasteiger partial charge in [-0.1, -0.05) is 11.6 Å². The van der Waals surface area contributed by atoms with Crippen molar-refractivity contribution in [2.24, 2.45) is 0 Å². The van der Waals surface area contributed by atoms with Crippen molar-refractivity contribution in [1.29, 1.82) is 0 Å². The quantitative estimate of drug-likeness (QED) is 0.828. The lowest BCUT2D eigenvalue weighted by Gasteiger charge is -2.38. The number of hydrogen-bond donors (Lipinski definition) is 2. The van der Waals surface area contributed by atoms with Gasteiger partial charge in [-0.05, 0) is 14.0 Å². The first-order valence-corrected chi connectivity index (χ1v) is 6.22. The van der Waals surface area contributed by atoms with Crippen molar-refractivity contribution in [1.82, 2.24) is 20.0 Å². The predicted octanol–water partition coefficient (Wildman–Crippen LogP) is 0.480. The highest BCUT2D eigenvalue weighted by atomic mass is 35.5. The second-order valence-corrected chi connectivity index (χ2v) is 5.04. The molecule has 0 unspecified atom stereocenters. The highest BCUT2D eigenvalue weighted by molar-refractivity contribution is 6.31. The largest absolute Gasteiger partial charge is 0.395 e. The minimum absolute atomic E-state index is 0.195. The summed E-state index contributed by atoms with van der Waals surface area (Å²) in [6.45, 7) is 5.66. The Morgan fingerprint density at radius 1 is 1.53 bits per heavy atom. The van der Waals surface area contributed by atoms with Crippen molar-refractivity contribution in [3.8, 4) is 0 Å². The molecule has 2 heterocycles. The zero-order valence-corrected chi connectivity index (χ0v) is 11.0. The maximum atomic E-state index is 9.29. The second-order valence-electron chi connectivity index (χ2n) is 4.66. The van der Waals surface area contributed by atoms with E-state index < -0.39 is 0 Å². The smallest absolute Gasteiger partial charge is 0.0951 e. The average molecular weight is 259 g/mol. The molecule has 6 heteroatoms. The number of halogens is 1. The van der Waals surface area contributed by atoms with E-state index in [-0.39, 0.29) is 12.6 Å². The zero-order valence-electron chi connectivity index (χ0n) is 10.3. The van der Waals surface area contributed by atoms with Crippen LogP contribution in [0, 0.1) is 6.92 Å². The Morgan fingerprint density at radius 3 is 2.88 bits per heavy atom. The van der Waals surface area contributed by atoms with Crippen LogP contribution in [-0.2, 0) is 6.54 Å². The number of H-pyrrole nitrogens is 1. The summed E-state index contributed by atoms with van der Waals surface area (Å²) >= 11 is 6.15. The summed E-state index contributed by atoms with van der Waals surface area (Å²) in [5.74, 6) is 0. The maximum absolute atomic E-state index is 9.29.